The molecule has 1 aromatic rings. The number of benzene rings is 1. The van der Waals surface area contributed by atoms with E-state index in [0.29, 0.717) is 43.9 Å². The van der Waals surface area contributed by atoms with Gasteiger partial charge in [0.05, 0.1) is 25.4 Å². The number of ether oxygens (including phenoxy) is 1. The number of nitrogens with zero attached hydrogens (tertiary/aromatic N) is 3. The molecule has 182 valence electrons. The summed E-state index contributed by atoms with van der Waals surface area (Å²) in [6.45, 7) is 10.8. The van der Waals surface area contributed by atoms with Crippen LogP contribution in [0.1, 0.15) is 20.3 Å². The highest BCUT2D eigenvalue weighted by Gasteiger charge is 2.26. The zero-order chi connectivity index (χ0) is 22.3. The topological polar surface area (TPSA) is 72.4 Å². The Morgan fingerprint density at radius 3 is 2.66 bits per heavy atom. The molecule has 0 amide bonds. The van der Waals surface area contributed by atoms with Crippen molar-refractivity contribution in [1.29, 1.82) is 0 Å². The van der Waals surface area contributed by atoms with Crippen LogP contribution in [-0.2, 0) is 4.74 Å². The van der Waals surface area contributed by atoms with Crippen LogP contribution < -0.4 is 15.5 Å². The van der Waals surface area contributed by atoms with Crippen molar-refractivity contribution in [1.82, 2.24) is 15.5 Å². The molecular formula is C22H36F2IN5O2. The van der Waals surface area contributed by atoms with Crippen LogP contribution in [0.3, 0.4) is 0 Å². The third-order valence-electron chi connectivity index (χ3n) is 5.70. The fraction of sp³-hybridized carbons (Fsp3) is 0.682. The van der Waals surface area contributed by atoms with Gasteiger partial charge in [-0.3, -0.25) is 9.89 Å². The number of rotatable bonds is 8. The number of halogens is 3. The van der Waals surface area contributed by atoms with E-state index in [2.05, 4.69) is 25.4 Å². The van der Waals surface area contributed by atoms with Crippen molar-refractivity contribution >= 4 is 35.6 Å². The average Bonchev–Trinajstić information content (AvgIpc) is 3.21. The zero-order valence-electron chi connectivity index (χ0n) is 18.9. The van der Waals surface area contributed by atoms with Crippen LogP contribution in [0.5, 0.6) is 0 Å². The molecule has 0 bridgehead atoms. The van der Waals surface area contributed by atoms with E-state index in [4.69, 9.17) is 4.74 Å². The van der Waals surface area contributed by atoms with E-state index >= 15 is 0 Å². The number of hydrogen-bond acceptors (Lipinski definition) is 5. The molecule has 0 aromatic heterocycles. The number of hydrogen-bond donors (Lipinski definition) is 3. The van der Waals surface area contributed by atoms with Crippen molar-refractivity contribution in [3.05, 3.63) is 29.8 Å². The van der Waals surface area contributed by atoms with Gasteiger partial charge < -0.3 is 25.4 Å². The number of anilines is 1. The first-order chi connectivity index (χ1) is 14.9. The number of guanidine groups is 1. The first kappa shape index (κ1) is 27.0. The third kappa shape index (κ3) is 8.27. The Balaban J connectivity index is 0.00000363. The van der Waals surface area contributed by atoms with E-state index in [9.17, 15) is 13.9 Å². The first-order valence-electron chi connectivity index (χ1n) is 11.1. The third-order valence-corrected chi connectivity index (χ3v) is 5.70. The lowest BCUT2D eigenvalue weighted by Crippen LogP contribution is -2.48. The fourth-order valence-corrected chi connectivity index (χ4v) is 4.04. The van der Waals surface area contributed by atoms with E-state index < -0.39 is 17.2 Å². The molecule has 1 aromatic carbocycles. The SMILES string of the molecule is CCNC(=NCC(C)(O)CN1CCOCC1)NCC1CCN(c2ccc(F)c(F)c2)C1.I. The van der Waals surface area contributed by atoms with Crippen molar-refractivity contribution in [3.8, 4) is 0 Å². The minimum absolute atomic E-state index is 0. The molecule has 3 N–H and O–H groups in total. The summed E-state index contributed by atoms with van der Waals surface area (Å²) in [5.41, 5.74) is -0.211. The van der Waals surface area contributed by atoms with Gasteiger partial charge >= 0.3 is 0 Å². The van der Waals surface area contributed by atoms with Crippen LogP contribution in [-0.4, -0.2) is 87.1 Å². The second kappa shape index (κ2) is 12.9. The lowest BCUT2D eigenvalue weighted by Gasteiger charge is -2.33. The molecule has 7 nitrogen and oxygen atoms in total. The Kier molecular flexibility index (Phi) is 10.8. The van der Waals surface area contributed by atoms with Gasteiger partial charge in [0.15, 0.2) is 17.6 Å². The molecule has 2 heterocycles. The number of aliphatic imine (C=N–C) groups is 1. The van der Waals surface area contributed by atoms with Gasteiger partial charge in [0.1, 0.15) is 0 Å². The van der Waals surface area contributed by atoms with Crippen LogP contribution in [0.25, 0.3) is 0 Å². The summed E-state index contributed by atoms with van der Waals surface area (Å²) in [6, 6.07) is 4.05. The van der Waals surface area contributed by atoms with E-state index in [1.54, 1.807) is 6.07 Å². The summed E-state index contributed by atoms with van der Waals surface area (Å²) in [6.07, 6.45) is 0.958. The quantitative estimate of drug-likeness (QED) is 0.254. The Hall–Kier alpha value is -1.24. The maximum absolute atomic E-state index is 13.5. The van der Waals surface area contributed by atoms with Gasteiger partial charge in [0, 0.05) is 57.6 Å². The van der Waals surface area contributed by atoms with Gasteiger partial charge in [-0.05, 0) is 38.3 Å². The van der Waals surface area contributed by atoms with Crippen LogP contribution in [0.4, 0.5) is 14.5 Å². The van der Waals surface area contributed by atoms with Gasteiger partial charge in [0.2, 0.25) is 0 Å². The molecule has 3 rings (SSSR count). The van der Waals surface area contributed by atoms with Crippen molar-refractivity contribution in [3.63, 3.8) is 0 Å². The second-order valence-corrected chi connectivity index (χ2v) is 8.66. The lowest BCUT2D eigenvalue weighted by molar-refractivity contribution is -0.0180. The highest BCUT2D eigenvalue weighted by atomic mass is 127. The maximum Gasteiger partial charge on any atom is 0.191 e. The number of nitrogens with one attached hydrogen (secondary N) is 2. The van der Waals surface area contributed by atoms with E-state index in [1.807, 2.05) is 13.8 Å². The largest absolute Gasteiger partial charge is 0.387 e. The molecule has 32 heavy (non-hydrogen) atoms. The van der Waals surface area contributed by atoms with Crippen LogP contribution in [0, 0.1) is 17.6 Å². The van der Waals surface area contributed by atoms with Crippen molar-refractivity contribution in [2.75, 3.05) is 70.5 Å². The summed E-state index contributed by atoms with van der Waals surface area (Å²) in [4.78, 5) is 8.87. The molecule has 2 saturated heterocycles. The molecule has 0 spiro atoms. The summed E-state index contributed by atoms with van der Waals surface area (Å²) < 4.78 is 32.1. The fourth-order valence-electron chi connectivity index (χ4n) is 4.04. The summed E-state index contributed by atoms with van der Waals surface area (Å²) in [7, 11) is 0. The van der Waals surface area contributed by atoms with Crippen molar-refractivity contribution < 1.29 is 18.6 Å². The van der Waals surface area contributed by atoms with Crippen molar-refractivity contribution in [2.45, 2.75) is 25.9 Å². The molecule has 2 atom stereocenters. The van der Waals surface area contributed by atoms with Crippen LogP contribution in [0.15, 0.2) is 23.2 Å². The van der Waals surface area contributed by atoms with E-state index in [-0.39, 0.29) is 24.0 Å². The Morgan fingerprint density at radius 1 is 1.22 bits per heavy atom. The van der Waals surface area contributed by atoms with Gasteiger partial charge in [0.25, 0.3) is 0 Å². The number of β-amino-alcohol motifs (C(OH)–C–C–N with tert-alkyl or cyclic N) is 1. The molecule has 2 aliphatic heterocycles. The lowest BCUT2D eigenvalue weighted by atomic mass is 10.1. The summed E-state index contributed by atoms with van der Waals surface area (Å²) >= 11 is 0. The predicted molar refractivity (Wildman–Crippen MR) is 134 cm³/mol. The number of morpholine rings is 1. The average molecular weight is 567 g/mol. The standard InChI is InChI=1S/C22H35F2N5O2.HI/c1-3-25-21(27-15-22(2,30)16-28-8-10-31-11-9-28)26-13-17-6-7-29(14-17)18-4-5-19(23)20(24)12-18;/h4-5,12,17,30H,3,6-11,13-16H2,1-2H3,(H2,25,26,27);1H. The monoisotopic (exact) mass is 567 g/mol. The molecule has 2 fully saturated rings. The molecule has 0 saturated carbocycles. The molecule has 2 unspecified atom stereocenters. The first-order valence-corrected chi connectivity index (χ1v) is 11.1. The minimum atomic E-state index is -0.920. The molecule has 0 radical (unpaired) electrons. The highest BCUT2D eigenvalue weighted by molar-refractivity contribution is 14.0. The maximum atomic E-state index is 13.5. The number of aliphatic hydroxyl groups is 1. The molecule has 10 heteroatoms. The van der Waals surface area contributed by atoms with Crippen LogP contribution >= 0.6 is 24.0 Å². The molecular weight excluding hydrogens is 531 g/mol. The summed E-state index contributed by atoms with van der Waals surface area (Å²) in [5, 5.41) is 17.4. The molecule has 0 aliphatic carbocycles. The van der Waals surface area contributed by atoms with Gasteiger partial charge in [-0.2, -0.15) is 0 Å². The minimum Gasteiger partial charge on any atom is -0.387 e. The highest BCUT2D eigenvalue weighted by Crippen LogP contribution is 2.25. The van der Waals surface area contributed by atoms with Gasteiger partial charge in [-0.15, -0.1) is 24.0 Å². The van der Waals surface area contributed by atoms with E-state index in [0.717, 1.165) is 45.7 Å². The Morgan fingerprint density at radius 2 is 1.97 bits per heavy atom. The van der Waals surface area contributed by atoms with Crippen LogP contribution in [0.2, 0.25) is 0 Å². The van der Waals surface area contributed by atoms with E-state index in [1.165, 1.54) is 12.1 Å². The summed E-state index contributed by atoms with van der Waals surface area (Å²) in [5.74, 6) is -0.594. The van der Waals surface area contributed by atoms with Gasteiger partial charge in [-0.25, -0.2) is 8.78 Å². The normalized spacial score (nSPS) is 21.7. The predicted octanol–water partition coefficient (Wildman–Crippen LogP) is 2.05. The second-order valence-electron chi connectivity index (χ2n) is 8.66. The van der Waals surface area contributed by atoms with Gasteiger partial charge in [-0.1, -0.05) is 0 Å². The Bertz CT molecular complexity index is 747. The zero-order valence-corrected chi connectivity index (χ0v) is 21.3. The Labute approximate surface area is 206 Å². The molecule has 2 aliphatic rings. The smallest absolute Gasteiger partial charge is 0.191 e. The van der Waals surface area contributed by atoms with Crippen molar-refractivity contribution in [2.24, 2.45) is 10.9 Å².